The Morgan fingerprint density at radius 3 is 2.18 bits per heavy atom. The molecule has 1 aliphatic heterocycles. The molecule has 120 valence electrons. The van der Waals surface area contributed by atoms with Crippen molar-refractivity contribution < 1.29 is 18.8 Å². The number of halogens is 2. The van der Waals surface area contributed by atoms with Crippen LogP contribution in [-0.2, 0) is 14.0 Å². The number of esters is 1. The van der Waals surface area contributed by atoms with Gasteiger partial charge in [0, 0.05) is 10.5 Å². The van der Waals surface area contributed by atoms with Gasteiger partial charge in [-0.15, -0.1) is 0 Å². The summed E-state index contributed by atoms with van der Waals surface area (Å²) in [6, 6.07) is 3.08. The summed E-state index contributed by atoms with van der Waals surface area (Å²) in [5, 5.41) is 0.625. The Bertz CT molecular complexity index is 585. The van der Waals surface area contributed by atoms with Gasteiger partial charge in [0.05, 0.1) is 28.4 Å². The minimum Gasteiger partial charge on any atom is -0.462 e. The van der Waals surface area contributed by atoms with Gasteiger partial charge in [0.1, 0.15) is 0 Å². The summed E-state index contributed by atoms with van der Waals surface area (Å²) in [5.41, 5.74) is -0.180. The fraction of sp³-hybridized carbons (Fsp3) is 0.533. The van der Waals surface area contributed by atoms with Crippen LogP contribution in [0.4, 0.5) is 0 Å². The fourth-order valence-corrected chi connectivity index (χ4v) is 2.63. The van der Waals surface area contributed by atoms with Crippen molar-refractivity contribution in [2.45, 2.75) is 45.8 Å². The van der Waals surface area contributed by atoms with Crippen molar-refractivity contribution in [2.24, 2.45) is 0 Å². The molecule has 1 heterocycles. The van der Waals surface area contributed by atoms with Gasteiger partial charge in [0.2, 0.25) is 0 Å². The van der Waals surface area contributed by atoms with Gasteiger partial charge < -0.3 is 14.0 Å². The highest BCUT2D eigenvalue weighted by molar-refractivity contribution is 6.66. The summed E-state index contributed by atoms with van der Waals surface area (Å²) in [6.07, 6.45) is 0. The second-order valence-corrected chi connectivity index (χ2v) is 6.98. The number of ether oxygens (including phenoxy) is 1. The van der Waals surface area contributed by atoms with Crippen molar-refractivity contribution in [3.8, 4) is 0 Å². The molecule has 0 bridgehead atoms. The van der Waals surface area contributed by atoms with E-state index in [0.717, 1.165) is 0 Å². The second kappa shape index (κ2) is 6.04. The minimum atomic E-state index is -0.664. The lowest BCUT2D eigenvalue weighted by atomic mass is 9.78. The number of hydrogen-bond acceptors (Lipinski definition) is 4. The third-order valence-corrected chi connectivity index (χ3v) is 4.73. The van der Waals surface area contributed by atoms with E-state index in [1.807, 2.05) is 27.7 Å². The Kier molecular flexibility index (Phi) is 4.84. The van der Waals surface area contributed by atoms with Crippen LogP contribution in [0.1, 0.15) is 45.0 Å². The van der Waals surface area contributed by atoms with Crippen molar-refractivity contribution >= 4 is 41.8 Å². The van der Waals surface area contributed by atoms with Gasteiger partial charge in [0.25, 0.3) is 0 Å². The van der Waals surface area contributed by atoms with Crippen LogP contribution in [-0.4, -0.2) is 30.9 Å². The molecule has 1 saturated heterocycles. The largest absolute Gasteiger partial charge is 0.496 e. The SMILES string of the molecule is CCOC(=O)c1cc(B2OC(C)(C)C(C)(C)O2)c(Cl)cc1Cl. The van der Waals surface area contributed by atoms with Gasteiger partial charge in [-0.2, -0.15) is 0 Å². The quantitative estimate of drug-likeness (QED) is 0.622. The molecule has 22 heavy (non-hydrogen) atoms. The zero-order valence-electron chi connectivity index (χ0n) is 13.3. The van der Waals surface area contributed by atoms with Crippen molar-refractivity contribution in [1.29, 1.82) is 0 Å². The van der Waals surface area contributed by atoms with Crippen LogP contribution in [0, 0.1) is 0 Å². The molecule has 1 aromatic carbocycles. The third-order valence-electron chi connectivity index (χ3n) is 4.09. The molecule has 7 heteroatoms. The number of carbonyl (C=O) groups excluding carboxylic acids is 1. The predicted molar refractivity (Wildman–Crippen MR) is 88.1 cm³/mol. The Morgan fingerprint density at radius 1 is 1.14 bits per heavy atom. The molecule has 0 N–H and O–H groups in total. The van der Waals surface area contributed by atoms with Gasteiger partial charge in [-0.3, -0.25) is 0 Å². The summed E-state index contributed by atoms with van der Waals surface area (Å²) in [5.74, 6) is -0.498. The van der Waals surface area contributed by atoms with Crippen LogP contribution in [0.15, 0.2) is 12.1 Å². The summed E-state index contributed by atoms with van der Waals surface area (Å²) >= 11 is 12.3. The zero-order chi connectivity index (χ0) is 16.7. The maximum absolute atomic E-state index is 12.0. The molecule has 1 aromatic rings. The highest BCUT2D eigenvalue weighted by Gasteiger charge is 2.52. The second-order valence-electron chi connectivity index (χ2n) is 6.16. The Morgan fingerprint density at radius 2 is 1.68 bits per heavy atom. The van der Waals surface area contributed by atoms with Crippen molar-refractivity contribution in [2.75, 3.05) is 6.61 Å². The first-order valence-corrected chi connectivity index (χ1v) is 7.86. The van der Waals surface area contributed by atoms with Gasteiger partial charge in [-0.25, -0.2) is 4.79 Å². The molecule has 1 fully saturated rings. The van der Waals surface area contributed by atoms with Crippen LogP contribution >= 0.6 is 23.2 Å². The highest BCUT2D eigenvalue weighted by atomic mass is 35.5. The summed E-state index contributed by atoms with van der Waals surface area (Å²) in [4.78, 5) is 12.0. The van der Waals surface area contributed by atoms with Crippen molar-refractivity contribution in [1.82, 2.24) is 0 Å². The monoisotopic (exact) mass is 344 g/mol. The molecule has 0 atom stereocenters. The predicted octanol–water partition coefficient (Wildman–Crippen LogP) is 3.47. The lowest BCUT2D eigenvalue weighted by Gasteiger charge is -2.32. The topological polar surface area (TPSA) is 44.8 Å². The molecular formula is C15H19BCl2O4. The third kappa shape index (κ3) is 3.13. The Hall–Kier alpha value is -0.745. The molecule has 0 aromatic heterocycles. The van der Waals surface area contributed by atoms with E-state index in [1.165, 1.54) is 6.07 Å². The van der Waals surface area contributed by atoms with E-state index >= 15 is 0 Å². The molecule has 0 saturated carbocycles. The maximum atomic E-state index is 12.0. The average molecular weight is 345 g/mol. The normalized spacial score (nSPS) is 19.3. The number of carbonyl (C=O) groups is 1. The standard InChI is InChI=1S/C15H19BCl2O4/c1-6-20-13(19)9-7-10(12(18)8-11(9)17)16-21-14(2,3)15(4,5)22-16/h7-8H,6H2,1-5H3. The van der Waals surface area contributed by atoms with E-state index in [-0.39, 0.29) is 17.2 Å². The van der Waals surface area contributed by atoms with Crippen LogP contribution in [0.5, 0.6) is 0 Å². The van der Waals surface area contributed by atoms with E-state index in [0.29, 0.717) is 10.5 Å². The van der Waals surface area contributed by atoms with Crippen molar-refractivity contribution in [3.63, 3.8) is 0 Å². The Balaban J connectivity index is 2.41. The lowest BCUT2D eigenvalue weighted by molar-refractivity contribution is 0.00578. The number of hydrogen-bond donors (Lipinski definition) is 0. The smallest absolute Gasteiger partial charge is 0.462 e. The number of benzene rings is 1. The summed E-state index contributed by atoms with van der Waals surface area (Å²) in [7, 11) is -0.664. The van der Waals surface area contributed by atoms with E-state index in [9.17, 15) is 4.79 Å². The molecule has 0 aliphatic carbocycles. The highest BCUT2D eigenvalue weighted by Crippen LogP contribution is 2.37. The van der Waals surface area contributed by atoms with Gasteiger partial charge >= 0.3 is 13.1 Å². The molecule has 0 unspecified atom stereocenters. The van der Waals surface area contributed by atoms with Gasteiger partial charge in [-0.1, -0.05) is 23.2 Å². The van der Waals surface area contributed by atoms with Crippen LogP contribution < -0.4 is 5.46 Å². The molecule has 2 rings (SSSR count). The van der Waals surface area contributed by atoms with Crippen LogP contribution in [0.25, 0.3) is 0 Å². The first kappa shape index (κ1) is 17.6. The molecule has 1 aliphatic rings. The van der Waals surface area contributed by atoms with Crippen LogP contribution in [0.2, 0.25) is 10.0 Å². The molecular weight excluding hydrogens is 326 g/mol. The van der Waals surface area contributed by atoms with E-state index in [1.54, 1.807) is 13.0 Å². The Labute approximate surface area is 141 Å². The van der Waals surface area contributed by atoms with E-state index in [4.69, 9.17) is 37.2 Å². The van der Waals surface area contributed by atoms with Gasteiger partial charge in [-0.05, 0) is 46.8 Å². The molecule has 0 spiro atoms. The first-order chi connectivity index (χ1) is 10.1. The number of rotatable bonds is 3. The zero-order valence-corrected chi connectivity index (χ0v) is 14.8. The van der Waals surface area contributed by atoms with E-state index in [2.05, 4.69) is 0 Å². The molecule has 0 radical (unpaired) electrons. The van der Waals surface area contributed by atoms with E-state index < -0.39 is 24.3 Å². The first-order valence-electron chi connectivity index (χ1n) is 7.11. The summed E-state index contributed by atoms with van der Waals surface area (Å²) < 4.78 is 16.9. The fourth-order valence-electron chi connectivity index (χ4n) is 2.08. The average Bonchev–Trinajstić information content (AvgIpc) is 2.58. The summed E-state index contributed by atoms with van der Waals surface area (Å²) in [6.45, 7) is 9.79. The maximum Gasteiger partial charge on any atom is 0.496 e. The van der Waals surface area contributed by atoms with Crippen molar-refractivity contribution in [3.05, 3.63) is 27.7 Å². The minimum absolute atomic E-state index is 0.240. The van der Waals surface area contributed by atoms with Crippen LogP contribution in [0.3, 0.4) is 0 Å². The molecule has 4 nitrogen and oxygen atoms in total. The molecule has 0 amide bonds. The lowest BCUT2D eigenvalue weighted by Crippen LogP contribution is -2.41. The van der Waals surface area contributed by atoms with Gasteiger partial charge in [0.15, 0.2) is 0 Å².